The highest BCUT2D eigenvalue weighted by molar-refractivity contribution is 5.76. The summed E-state index contributed by atoms with van der Waals surface area (Å²) < 4.78 is 9.51. The summed E-state index contributed by atoms with van der Waals surface area (Å²) in [6.45, 7) is 8.99. The second-order valence-electron chi connectivity index (χ2n) is 10.0. The first-order chi connectivity index (χ1) is 17.0. The van der Waals surface area contributed by atoms with Crippen LogP contribution in [0.15, 0.2) is 36.7 Å². The van der Waals surface area contributed by atoms with Crippen LogP contribution in [0.3, 0.4) is 0 Å². The minimum absolute atomic E-state index is 0.0416. The Labute approximate surface area is 205 Å². The van der Waals surface area contributed by atoms with E-state index < -0.39 is 0 Å². The number of fused-ring (bicyclic) bond motifs is 2. The van der Waals surface area contributed by atoms with E-state index >= 15 is 0 Å². The standard InChI is InChI=1S/C27H33N7O/c1-5-33-18(3)22(16-30-33)24-17(2)31-26(23-8-11-29-34(23)24)32-12-9-27(10-13-32)15-19-6-7-20(35-4)14-21(19)25(27)28/h6-8,11,14,16,25H,5,9-10,12-13,15,28H2,1-4H3/t25-/m1/s1. The number of hydrogen-bond donors (Lipinski definition) is 1. The number of rotatable bonds is 4. The zero-order valence-electron chi connectivity index (χ0n) is 21.0. The number of piperidine rings is 1. The summed E-state index contributed by atoms with van der Waals surface area (Å²) in [5.74, 6) is 1.89. The summed E-state index contributed by atoms with van der Waals surface area (Å²) in [7, 11) is 1.71. The lowest BCUT2D eigenvalue weighted by Gasteiger charge is -2.42. The number of anilines is 1. The maximum Gasteiger partial charge on any atom is 0.155 e. The Kier molecular flexibility index (Phi) is 5.11. The van der Waals surface area contributed by atoms with Crippen molar-refractivity contribution in [1.82, 2.24) is 24.4 Å². The third kappa shape index (κ3) is 3.26. The first kappa shape index (κ1) is 22.1. The maximum atomic E-state index is 6.86. The number of methoxy groups -OCH3 is 1. The molecule has 0 bridgehead atoms. The molecule has 1 aliphatic carbocycles. The maximum absolute atomic E-state index is 6.86. The molecule has 3 aromatic heterocycles. The summed E-state index contributed by atoms with van der Waals surface area (Å²) in [6.07, 6.45) is 6.91. The summed E-state index contributed by atoms with van der Waals surface area (Å²) in [5.41, 5.74) is 14.8. The Morgan fingerprint density at radius 2 is 1.94 bits per heavy atom. The zero-order valence-corrected chi connectivity index (χ0v) is 21.0. The second-order valence-corrected chi connectivity index (χ2v) is 10.0. The van der Waals surface area contributed by atoms with Crippen LogP contribution in [0.1, 0.15) is 48.3 Å². The normalized spacial score (nSPS) is 19.0. The first-order valence-electron chi connectivity index (χ1n) is 12.5. The van der Waals surface area contributed by atoms with Crippen LogP contribution >= 0.6 is 0 Å². The van der Waals surface area contributed by atoms with Gasteiger partial charge in [0, 0.05) is 36.9 Å². The highest BCUT2D eigenvalue weighted by Gasteiger charge is 2.46. The minimum Gasteiger partial charge on any atom is -0.497 e. The molecule has 35 heavy (non-hydrogen) atoms. The van der Waals surface area contributed by atoms with Crippen molar-refractivity contribution in [2.24, 2.45) is 11.1 Å². The van der Waals surface area contributed by atoms with E-state index in [0.717, 1.165) is 78.6 Å². The third-order valence-corrected chi connectivity index (χ3v) is 8.31. The van der Waals surface area contributed by atoms with Gasteiger partial charge in [-0.2, -0.15) is 10.2 Å². The van der Waals surface area contributed by atoms with Crippen molar-refractivity contribution in [3.05, 3.63) is 59.2 Å². The molecule has 0 unspecified atom stereocenters. The molecule has 1 spiro atoms. The fourth-order valence-corrected chi connectivity index (χ4v) is 6.23. The average Bonchev–Trinajstić information content (AvgIpc) is 3.56. The summed E-state index contributed by atoms with van der Waals surface area (Å²) >= 11 is 0. The molecular formula is C27H33N7O. The van der Waals surface area contributed by atoms with Gasteiger partial charge in [0.15, 0.2) is 5.82 Å². The molecule has 8 nitrogen and oxygen atoms in total. The molecule has 4 heterocycles. The van der Waals surface area contributed by atoms with E-state index in [4.69, 9.17) is 20.6 Å². The quantitative estimate of drug-likeness (QED) is 0.483. The SMILES string of the molecule is CCn1ncc(-c2c(C)nc(N3CCC4(CC3)Cc3ccc(OC)cc3[C@H]4N)c3ccnn23)c1C. The highest BCUT2D eigenvalue weighted by atomic mass is 16.5. The number of ether oxygens (including phenoxy) is 1. The van der Waals surface area contributed by atoms with Gasteiger partial charge >= 0.3 is 0 Å². The molecule has 1 fully saturated rings. The topological polar surface area (TPSA) is 86.5 Å². The fourth-order valence-electron chi connectivity index (χ4n) is 6.23. The average molecular weight is 472 g/mol. The Hall–Kier alpha value is -3.39. The summed E-state index contributed by atoms with van der Waals surface area (Å²) in [5, 5.41) is 9.24. The largest absolute Gasteiger partial charge is 0.497 e. The number of hydrogen-bond acceptors (Lipinski definition) is 6. The molecule has 6 rings (SSSR count). The Morgan fingerprint density at radius 3 is 2.66 bits per heavy atom. The van der Waals surface area contributed by atoms with E-state index in [0.29, 0.717) is 0 Å². The lowest BCUT2D eigenvalue weighted by molar-refractivity contribution is 0.187. The molecular weight excluding hydrogens is 438 g/mol. The Balaban J connectivity index is 1.31. The van der Waals surface area contributed by atoms with Crippen LogP contribution in [0, 0.1) is 19.3 Å². The van der Waals surface area contributed by atoms with Gasteiger partial charge in [-0.15, -0.1) is 0 Å². The number of benzene rings is 1. The molecule has 8 heteroatoms. The van der Waals surface area contributed by atoms with Crippen LogP contribution in [0.4, 0.5) is 5.82 Å². The predicted molar refractivity (Wildman–Crippen MR) is 137 cm³/mol. The molecule has 0 saturated carbocycles. The van der Waals surface area contributed by atoms with Crippen LogP contribution in [0.5, 0.6) is 5.75 Å². The number of aryl methyl sites for hydroxylation is 2. The van der Waals surface area contributed by atoms with Crippen LogP contribution in [0.25, 0.3) is 16.8 Å². The van der Waals surface area contributed by atoms with Crippen LogP contribution < -0.4 is 15.4 Å². The number of aromatic nitrogens is 5. The van der Waals surface area contributed by atoms with Gasteiger partial charge in [0.1, 0.15) is 11.3 Å². The molecule has 1 aromatic carbocycles. The van der Waals surface area contributed by atoms with E-state index in [1.54, 1.807) is 7.11 Å². The third-order valence-electron chi connectivity index (χ3n) is 8.31. The van der Waals surface area contributed by atoms with Gasteiger partial charge in [-0.25, -0.2) is 9.50 Å². The first-order valence-corrected chi connectivity index (χ1v) is 12.5. The van der Waals surface area contributed by atoms with Gasteiger partial charge in [-0.3, -0.25) is 4.68 Å². The molecule has 1 aliphatic heterocycles. The summed E-state index contributed by atoms with van der Waals surface area (Å²) in [6, 6.07) is 8.48. The molecule has 1 atom stereocenters. The van der Waals surface area contributed by atoms with Gasteiger partial charge in [-0.05, 0) is 74.8 Å². The number of nitrogens with two attached hydrogens (primary N) is 1. The van der Waals surface area contributed by atoms with Gasteiger partial charge in [0.25, 0.3) is 0 Å². The highest BCUT2D eigenvalue weighted by Crippen LogP contribution is 2.51. The lowest BCUT2D eigenvalue weighted by atomic mass is 9.73. The van der Waals surface area contributed by atoms with Crippen molar-refractivity contribution in [1.29, 1.82) is 0 Å². The number of nitrogens with zero attached hydrogens (tertiary/aromatic N) is 6. The fraction of sp³-hybridized carbons (Fsp3) is 0.444. The monoisotopic (exact) mass is 471 g/mol. The van der Waals surface area contributed by atoms with E-state index in [1.165, 1.54) is 11.1 Å². The van der Waals surface area contributed by atoms with Crippen molar-refractivity contribution < 1.29 is 4.74 Å². The van der Waals surface area contributed by atoms with Gasteiger partial charge in [0.2, 0.25) is 0 Å². The van der Waals surface area contributed by atoms with Crippen LogP contribution in [0.2, 0.25) is 0 Å². The Morgan fingerprint density at radius 1 is 1.14 bits per heavy atom. The smallest absolute Gasteiger partial charge is 0.155 e. The zero-order chi connectivity index (χ0) is 24.3. The van der Waals surface area contributed by atoms with Crippen LogP contribution in [-0.2, 0) is 13.0 Å². The molecule has 2 N–H and O–H groups in total. The molecule has 0 radical (unpaired) electrons. The van der Waals surface area contributed by atoms with Crippen molar-refractivity contribution in [2.45, 2.75) is 52.6 Å². The summed E-state index contributed by atoms with van der Waals surface area (Å²) in [4.78, 5) is 7.54. The van der Waals surface area contributed by atoms with Gasteiger partial charge < -0.3 is 15.4 Å². The predicted octanol–water partition coefficient (Wildman–Crippen LogP) is 4.08. The molecule has 2 aliphatic rings. The molecule has 182 valence electrons. The van der Waals surface area contributed by atoms with Crippen molar-refractivity contribution in [2.75, 3.05) is 25.1 Å². The Bertz CT molecular complexity index is 1410. The lowest BCUT2D eigenvalue weighted by Crippen LogP contribution is -2.44. The molecule has 4 aromatic rings. The van der Waals surface area contributed by atoms with Crippen molar-refractivity contribution >= 4 is 11.3 Å². The van der Waals surface area contributed by atoms with Crippen molar-refractivity contribution in [3.8, 4) is 17.0 Å². The van der Waals surface area contributed by atoms with E-state index in [2.05, 4.69) is 55.0 Å². The van der Waals surface area contributed by atoms with Gasteiger partial charge in [-0.1, -0.05) is 6.07 Å². The minimum atomic E-state index is 0.0416. The molecule has 0 amide bonds. The second kappa shape index (κ2) is 8.09. The molecule has 1 saturated heterocycles. The van der Waals surface area contributed by atoms with E-state index in [9.17, 15) is 0 Å². The van der Waals surface area contributed by atoms with E-state index in [-0.39, 0.29) is 11.5 Å². The van der Waals surface area contributed by atoms with Gasteiger partial charge in [0.05, 0.1) is 30.9 Å². The van der Waals surface area contributed by atoms with Crippen LogP contribution in [-0.4, -0.2) is 44.6 Å². The van der Waals surface area contributed by atoms with E-state index in [1.807, 2.05) is 21.6 Å². The van der Waals surface area contributed by atoms with Crippen molar-refractivity contribution in [3.63, 3.8) is 0 Å².